The van der Waals surface area contributed by atoms with Crippen LogP contribution in [0.2, 0.25) is 0 Å². The highest BCUT2D eigenvalue weighted by Crippen LogP contribution is 2.48. The molecule has 0 radical (unpaired) electrons. The largest absolute Gasteiger partial charge is 0.438 e. The Bertz CT molecular complexity index is 1260. The Morgan fingerprint density at radius 1 is 1.11 bits per heavy atom. The predicted octanol–water partition coefficient (Wildman–Crippen LogP) is 1.37. The van der Waals surface area contributed by atoms with Crippen molar-refractivity contribution in [1.29, 1.82) is 0 Å². The standard InChI is InChI=1S/C23H23F2N7O5/c24-18-11-17(29-14-23(37-22(29)33)13-20(23)30-6-5-26-27-30)12-19(25)21(18)28-7-8-31(36-10-9-28)15-1-3-16(4-2-15)32(34)35/h1-6,11-12,20,26-27H,7-10,13-14H2/p+1. The molecule has 2 unspecified atom stereocenters. The molecular formula is C23H24F2N7O5+. The Labute approximate surface area is 209 Å². The maximum Gasteiger partial charge on any atom is 0.415 e. The predicted molar refractivity (Wildman–Crippen MR) is 126 cm³/mol. The molecule has 1 spiro atoms. The fourth-order valence-corrected chi connectivity index (χ4v) is 5.04. The molecule has 2 atom stereocenters. The molecule has 3 fully saturated rings. The Balaban J connectivity index is 1.15. The van der Waals surface area contributed by atoms with Crippen LogP contribution in [-0.4, -0.2) is 60.5 Å². The highest BCUT2D eigenvalue weighted by molar-refractivity contribution is 5.91. The molecule has 2 saturated heterocycles. The van der Waals surface area contributed by atoms with Gasteiger partial charge in [0.1, 0.15) is 11.7 Å². The molecule has 4 aliphatic rings. The van der Waals surface area contributed by atoms with Gasteiger partial charge in [-0.25, -0.2) is 24.0 Å². The van der Waals surface area contributed by atoms with Gasteiger partial charge in [0.05, 0.1) is 48.4 Å². The molecule has 1 amide bonds. The van der Waals surface area contributed by atoms with Crippen molar-refractivity contribution in [1.82, 2.24) is 10.4 Å². The molecule has 3 N–H and O–H groups in total. The molecule has 2 aromatic carbocycles. The third-order valence-electron chi connectivity index (χ3n) is 7.01. The number of non-ortho nitro benzene ring substituents is 1. The lowest BCUT2D eigenvalue weighted by Gasteiger charge is -2.25. The van der Waals surface area contributed by atoms with Gasteiger partial charge in [0.15, 0.2) is 17.2 Å². The van der Waals surface area contributed by atoms with Gasteiger partial charge >= 0.3 is 6.09 Å². The number of benzene rings is 2. The Morgan fingerprint density at radius 2 is 1.86 bits per heavy atom. The molecule has 3 heterocycles. The molecule has 12 nitrogen and oxygen atoms in total. The number of nitrogens with two attached hydrogens (primary N) is 1. The number of ether oxygens (including phenoxy) is 1. The van der Waals surface area contributed by atoms with E-state index in [1.165, 1.54) is 17.0 Å². The van der Waals surface area contributed by atoms with Gasteiger partial charge in [-0.05, 0) is 12.1 Å². The maximum absolute atomic E-state index is 15.3. The van der Waals surface area contributed by atoms with E-state index in [0.29, 0.717) is 12.1 Å². The minimum atomic E-state index is -0.792. The van der Waals surface area contributed by atoms with Gasteiger partial charge in [0.25, 0.3) is 5.69 Å². The summed E-state index contributed by atoms with van der Waals surface area (Å²) >= 11 is 0. The Kier molecular flexibility index (Phi) is 5.49. The topological polar surface area (TPSA) is 120 Å². The minimum absolute atomic E-state index is 0.0301. The fourth-order valence-electron chi connectivity index (χ4n) is 5.04. The van der Waals surface area contributed by atoms with Crippen LogP contribution < -0.4 is 25.8 Å². The van der Waals surface area contributed by atoms with E-state index in [0.717, 1.165) is 12.1 Å². The first-order chi connectivity index (χ1) is 17.8. The van der Waals surface area contributed by atoms with Crippen LogP contribution in [0.15, 0.2) is 48.8 Å². The number of amides is 1. The molecule has 0 bridgehead atoms. The quantitative estimate of drug-likeness (QED) is 0.345. The third kappa shape index (κ3) is 4.13. The third-order valence-corrected chi connectivity index (χ3v) is 7.01. The van der Waals surface area contributed by atoms with E-state index in [-0.39, 0.29) is 55.9 Å². The summed E-state index contributed by atoms with van der Waals surface area (Å²) in [6.07, 6.45) is 3.60. The molecule has 2 aromatic rings. The van der Waals surface area contributed by atoms with Crippen LogP contribution in [0.5, 0.6) is 0 Å². The second-order valence-corrected chi connectivity index (χ2v) is 9.25. The molecular weight excluding hydrogens is 492 g/mol. The Morgan fingerprint density at radius 3 is 2.54 bits per heavy atom. The average molecular weight is 516 g/mol. The van der Waals surface area contributed by atoms with Crippen LogP contribution in [-0.2, 0) is 9.57 Å². The number of halogens is 2. The van der Waals surface area contributed by atoms with Crippen molar-refractivity contribution in [3.8, 4) is 0 Å². The highest BCUT2D eigenvalue weighted by atomic mass is 19.1. The van der Waals surface area contributed by atoms with Crippen molar-refractivity contribution in [2.24, 2.45) is 0 Å². The molecule has 6 rings (SSSR count). The lowest BCUT2D eigenvalue weighted by atomic mass is 10.2. The molecule has 14 heteroatoms. The summed E-state index contributed by atoms with van der Waals surface area (Å²) in [6, 6.07) is 8.13. The van der Waals surface area contributed by atoms with Crippen LogP contribution in [0.25, 0.3) is 0 Å². The zero-order valence-electron chi connectivity index (χ0n) is 19.5. The lowest BCUT2D eigenvalue weighted by molar-refractivity contribution is -0.825. The monoisotopic (exact) mass is 516 g/mol. The molecule has 1 saturated carbocycles. The fraction of sp³-hybridized carbons (Fsp3) is 0.348. The van der Waals surface area contributed by atoms with Gasteiger partial charge in [-0.15, -0.1) is 5.53 Å². The smallest absolute Gasteiger partial charge is 0.415 e. The van der Waals surface area contributed by atoms with E-state index in [2.05, 4.69) is 5.43 Å². The highest BCUT2D eigenvalue weighted by Gasteiger charge is 2.67. The first kappa shape index (κ1) is 23.2. The normalized spacial score (nSPS) is 24.9. The van der Waals surface area contributed by atoms with Gasteiger partial charge < -0.3 is 9.64 Å². The second-order valence-electron chi connectivity index (χ2n) is 9.25. The number of hydroxylamine groups is 1. The number of rotatable bonds is 5. The number of quaternary nitrogens is 1. The molecule has 0 aromatic heterocycles. The van der Waals surface area contributed by atoms with Crippen molar-refractivity contribution in [3.05, 3.63) is 70.5 Å². The molecule has 194 valence electrons. The summed E-state index contributed by atoms with van der Waals surface area (Å²) in [5, 5.41) is 14.3. The van der Waals surface area contributed by atoms with Gasteiger partial charge in [0, 0.05) is 43.8 Å². The molecule has 1 aliphatic carbocycles. The number of nitro benzene ring substituents is 1. The summed E-state index contributed by atoms with van der Waals surface area (Å²) in [4.78, 5) is 31.5. The number of carbonyl (C=O) groups is 1. The zero-order valence-corrected chi connectivity index (χ0v) is 19.5. The molecule has 37 heavy (non-hydrogen) atoms. The van der Waals surface area contributed by atoms with Gasteiger partial charge in [0.2, 0.25) is 0 Å². The van der Waals surface area contributed by atoms with Gasteiger partial charge in [-0.2, -0.15) is 0 Å². The summed E-state index contributed by atoms with van der Waals surface area (Å²) in [7, 11) is 0. The second kappa shape index (κ2) is 8.74. The van der Waals surface area contributed by atoms with E-state index in [1.807, 2.05) is 11.2 Å². The van der Waals surface area contributed by atoms with Crippen molar-refractivity contribution >= 4 is 28.8 Å². The zero-order chi connectivity index (χ0) is 25.7. The van der Waals surface area contributed by atoms with Crippen LogP contribution in [0.3, 0.4) is 0 Å². The number of nitrogens with zero attached hydrogens (tertiary/aromatic N) is 5. The summed E-state index contributed by atoms with van der Waals surface area (Å²) < 4.78 is 36.2. The Hall–Kier alpha value is -4.17. The number of nitrogens with one attached hydrogen (secondary N) is 1. The molecule has 3 aliphatic heterocycles. The van der Waals surface area contributed by atoms with Crippen molar-refractivity contribution in [2.45, 2.75) is 18.1 Å². The van der Waals surface area contributed by atoms with Crippen molar-refractivity contribution in [2.75, 3.05) is 47.6 Å². The van der Waals surface area contributed by atoms with E-state index in [4.69, 9.17) is 9.57 Å². The first-order valence-electron chi connectivity index (χ1n) is 11.8. The number of carbonyl (C=O) groups excluding carboxylic acids is 1. The summed E-state index contributed by atoms with van der Waals surface area (Å²) in [5.74, 6) is -1.58. The number of nitro groups is 1. The van der Waals surface area contributed by atoms with Crippen LogP contribution in [0.4, 0.5) is 36.3 Å². The van der Waals surface area contributed by atoms with Gasteiger partial charge in [-0.3, -0.25) is 24.9 Å². The van der Waals surface area contributed by atoms with Crippen molar-refractivity contribution in [3.63, 3.8) is 0 Å². The van der Waals surface area contributed by atoms with E-state index in [1.54, 1.807) is 33.8 Å². The number of hydrogen-bond donors (Lipinski definition) is 2. The van der Waals surface area contributed by atoms with Crippen LogP contribution in [0.1, 0.15) is 6.42 Å². The summed E-state index contributed by atoms with van der Waals surface area (Å²) in [6.45, 7) is 1.10. The van der Waals surface area contributed by atoms with E-state index >= 15 is 8.78 Å². The van der Waals surface area contributed by atoms with E-state index in [9.17, 15) is 14.9 Å². The average Bonchev–Trinajstić information content (AvgIpc) is 3.20. The number of hydrogen-bond acceptors (Lipinski definition) is 9. The van der Waals surface area contributed by atoms with Crippen LogP contribution in [0, 0.1) is 21.7 Å². The van der Waals surface area contributed by atoms with Crippen molar-refractivity contribution < 1.29 is 33.6 Å². The minimum Gasteiger partial charge on any atom is -0.438 e. The maximum atomic E-state index is 15.3. The SMILES string of the molecule is O=C1OC2(CC2N2C=CN[NH2+]2)CN1c1cc(F)c(N2CCON(c3ccc([N+](=O)[O-])cc3)CC2)c(F)c1. The van der Waals surface area contributed by atoms with E-state index < -0.39 is 28.3 Å². The summed E-state index contributed by atoms with van der Waals surface area (Å²) in [5.41, 5.74) is 4.48. The first-order valence-corrected chi connectivity index (χ1v) is 11.8. The lowest BCUT2D eigenvalue weighted by Crippen LogP contribution is -2.97. The van der Waals surface area contributed by atoms with Crippen LogP contribution >= 0.6 is 0 Å². The van der Waals surface area contributed by atoms with Gasteiger partial charge in [-0.1, -0.05) is 0 Å². The number of anilines is 3.